The fourth-order valence-corrected chi connectivity index (χ4v) is 2.60. The molecule has 0 aliphatic carbocycles. The summed E-state index contributed by atoms with van der Waals surface area (Å²) < 4.78 is 0. The maximum Gasteiger partial charge on any atom is 0.182 e. The van der Waals surface area contributed by atoms with Gasteiger partial charge in [0.2, 0.25) is 0 Å². The van der Waals surface area contributed by atoms with E-state index in [0.29, 0.717) is 0 Å². The van der Waals surface area contributed by atoms with Crippen LogP contribution in [0.2, 0.25) is 0 Å². The third-order valence-corrected chi connectivity index (χ3v) is 3.74. The molecule has 2 aromatic rings. The molecule has 0 unspecified atom stereocenters. The van der Waals surface area contributed by atoms with Gasteiger partial charge < -0.3 is 5.32 Å². The molecule has 1 aromatic heterocycles. The van der Waals surface area contributed by atoms with Gasteiger partial charge in [0.25, 0.3) is 0 Å². The lowest BCUT2D eigenvalue weighted by Crippen LogP contribution is -2.04. The Labute approximate surface area is 113 Å². The largest absolute Gasteiger partial charge is 0.361 e. The van der Waals surface area contributed by atoms with E-state index in [9.17, 15) is 0 Å². The molecule has 0 bridgehead atoms. The van der Waals surface area contributed by atoms with E-state index in [0.717, 1.165) is 18.1 Å². The molecule has 0 aliphatic rings. The zero-order valence-corrected chi connectivity index (χ0v) is 11.9. The summed E-state index contributed by atoms with van der Waals surface area (Å²) in [4.78, 5) is 5.54. The van der Waals surface area contributed by atoms with Crippen molar-refractivity contribution >= 4 is 16.5 Å². The molecule has 3 heteroatoms. The molecule has 2 rings (SSSR count). The number of nitrogens with one attached hydrogen (secondary N) is 1. The first-order valence-electron chi connectivity index (χ1n) is 6.52. The topological polar surface area (TPSA) is 24.9 Å². The molecule has 1 aromatic carbocycles. The molecule has 0 amide bonds. The van der Waals surface area contributed by atoms with E-state index >= 15 is 0 Å². The van der Waals surface area contributed by atoms with Crippen molar-refractivity contribution in [3.63, 3.8) is 0 Å². The van der Waals surface area contributed by atoms with E-state index in [1.807, 2.05) is 6.20 Å². The van der Waals surface area contributed by atoms with Crippen LogP contribution in [0.15, 0.2) is 30.5 Å². The number of nitrogens with zero attached hydrogens (tertiary/aromatic N) is 1. The Morgan fingerprint density at radius 3 is 2.33 bits per heavy atom. The number of benzene rings is 1. The highest BCUT2D eigenvalue weighted by molar-refractivity contribution is 7.15. The fourth-order valence-electron chi connectivity index (χ4n) is 1.91. The van der Waals surface area contributed by atoms with Crippen molar-refractivity contribution in [3.8, 4) is 0 Å². The van der Waals surface area contributed by atoms with Crippen LogP contribution in [0.5, 0.6) is 0 Å². The van der Waals surface area contributed by atoms with Crippen molar-refractivity contribution in [2.75, 3.05) is 11.9 Å². The van der Waals surface area contributed by atoms with Crippen LogP contribution in [-0.4, -0.2) is 11.5 Å². The Balaban J connectivity index is 1.79. The predicted molar refractivity (Wildman–Crippen MR) is 79.5 cm³/mol. The maximum atomic E-state index is 4.29. The van der Waals surface area contributed by atoms with Gasteiger partial charge in [0.1, 0.15) is 0 Å². The molecule has 0 atom stereocenters. The van der Waals surface area contributed by atoms with Crippen LogP contribution in [0.25, 0.3) is 0 Å². The molecule has 2 nitrogen and oxygen atoms in total. The van der Waals surface area contributed by atoms with Gasteiger partial charge in [-0.25, -0.2) is 4.98 Å². The number of aryl methyl sites for hydroxylation is 2. The first-order chi connectivity index (χ1) is 8.78. The van der Waals surface area contributed by atoms with Crippen molar-refractivity contribution in [1.29, 1.82) is 0 Å². The smallest absolute Gasteiger partial charge is 0.182 e. The summed E-state index contributed by atoms with van der Waals surface area (Å²) in [6.07, 6.45) is 5.35. The maximum absolute atomic E-state index is 4.29. The lowest BCUT2D eigenvalue weighted by Gasteiger charge is -2.04. The highest BCUT2D eigenvalue weighted by Gasteiger charge is 1.98. The molecule has 96 valence electrons. The fraction of sp³-hybridized carbons (Fsp3) is 0.400. The average molecular weight is 260 g/mol. The number of rotatable bonds is 6. The minimum atomic E-state index is 0.945. The number of hydrogen-bond donors (Lipinski definition) is 1. The predicted octanol–water partition coefficient (Wildman–Crippen LogP) is 4.06. The first kappa shape index (κ1) is 13.1. The van der Waals surface area contributed by atoms with E-state index in [2.05, 4.69) is 48.4 Å². The van der Waals surface area contributed by atoms with Gasteiger partial charge in [-0.15, -0.1) is 11.3 Å². The Morgan fingerprint density at radius 1 is 1.11 bits per heavy atom. The zero-order chi connectivity index (χ0) is 12.8. The van der Waals surface area contributed by atoms with Crippen molar-refractivity contribution in [2.24, 2.45) is 0 Å². The quantitative estimate of drug-likeness (QED) is 0.847. The van der Waals surface area contributed by atoms with Gasteiger partial charge in [0.05, 0.1) is 0 Å². The van der Waals surface area contributed by atoms with Crippen LogP contribution in [-0.2, 0) is 12.8 Å². The third-order valence-electron chi connectivity index (χ3n) is 2.87. The Bertz CT molecular complexity index is 473. The van der Waals surface area contributed by atoms with Gasteiger partial charge in [-0.1, -0.05) is 37.6 Å². The number of anilines is 1. The molecule has 0 aliphatic heterocycles. The Morgan fingerprint density at radius 2 is 1.78 bits per heavy atom. The minimum Gasteiger partial charge on any atom is -0.361 e. The summed E-state index contributed by atoms with van der Waals surface area (Å²) in [5.41, 5.74) is 2.82. The van der Waals surface area contributed by atoms with E-state index in [-0.39, 0.29) is 0 Å². The zero-order valence-electron chi connectivity index (χ0n) is 11.1. The molecule has 18 heavy (non-hydrogen) atoms. The van der Waals surface area contributed by atoms with Crippen molar-refractivity contribution in [2.45, 2.75) is 33.1 Å². The lowest BCUT2D eigenvalue weighted by atomic mass is 10.1. The molecule has 1 heterocycles. The molecule has 0 spiro atoms. The third kappa shape index (κ3) is 3.84. The standard InChI is InChI=1S/C15H20N2S/c1-3-4-13-5-7-14(8-6-13)9-10-16-15-17-11-12(2)18-15/h5-8,11H,3-4,9-10H2,1-2H3,(H,16,17). The number of thiazole rings is 1. The summed E-state index contributed by atoms with van der Waals surface area (Å²) in [5.74, 6) is 0. The van der Waals surface area contributed by atoms with Gasteiger partial charge in [-0.2, -0.15) is 0 Å². The summed E-state index contributed by atoms with van der Waals surface area (Å²) in [6, 6.07) is 8.96. The Hall–Kier alpha value is -1.35. The van der Waals surface area contributed by atoms with Crippen LogP contribution in [0.1, 0.15) is 29.3 Å². The molecule has 1 N–H and O–H groups in total. The highest BCUT2D eigenvalue weighted by Crippen LogP contribution is 2.16. The van der Waals surface area contributed by atoms with Crippen molar-refractivity contribution in [1.82, 2.24) is 4.98 Å². The van der Waals surface area contributed by atoms with E-state index in [4.69, 9.17) is 0 Å². The molecular weight excluding hydrogens is 240 g/mol. The number of hydrogen-bond acceptors (Lipinski definition) is 3. The van der Waals surface area contributed by atoms with Crippen LogP contribution in [0, 0.1) is 6.92 Å². The van der Waals surface area contributed by atoms with Gasteiger partial charge in [0.15, 0.2) is 5.13 Å². The molecular formula is C15H20N2S. The summed E-state index contributed by atoms with van der Waals surface area (Å²) in [6.45, 7) is 5.24. The van der Waals surface area contributed by atoms with E-state index in [1.54, 1.807) is 11.3 Å². The number of aromatic nitrogens is 1. The SMILES string of the molecule is CCCc1ccc(CCNc2ncc(C)s2)cc1. The summed E-state index contributed by atoms with van der Waals surface area (Å²) in [7, 11) is 0. The molecule has 0 radical (unpaired) electrons. The van der Waals surface area contributed by atoms with Gasteiger partial charge in [-0.3, -0.25) is 0 Å². The second kappa shape index (κ2) is 6.55. The van der Waals surface area contributed by atoms with Crippen molar-refractivity contribution in [3.05, 3.63) is 46.5 Å². The second-order valence-electron chi connectivity index (χ2n) is 4.52. The van der Waals surface area contributed by atoms with Crippen LogP contribution in [0.3, 0.4) is 0 Å². The summed E-state index contributed by atoms with van der Waals surface area (Å²) >= 11 is 1.71. The van der Waals surface area contributed by atoms with Crippen molar-refractivity contribution < 1.29 is 0 Å². The summed E-state index contributed by atoms with van der Waals surface area (Å²) in [5, 5.41) is 4.38. The average Bonchev–Trinajstić information content (AvgIpc) is 2.78. The monoisotopic (exact) mass is 260 g/mol. The second-order valence-corrected chi connectivity index (χ2v) is 5.75. The van der Waals surface area contributed by atoms with E-state index in [1.165, 1.54) is 28.8 Å². The molecule has 0 saturated heterocycles. The Kier molecular flexibility index (Phi) is 4.76. The first-order valence-corrected chi connectivity index (χ1v) is 7.33. The molecule has 0 fully saturated rings. The minimum absolute atomic E-state index is 0.945. The lowest BCUT2D eigenvalue weighted by molar-refractivity contribution is 0.918. The van der Waals surface area contributed by atoms with Gasteiger partial charge >= 0.3 is 0 Å². The van der Waals surface area contributed by atoms with Gasteiger partial charge in [0, 0.05) is 17.6 Å². The van der Waals surface area contributed by atoms with Crippen LogP contribution in [0.4, 0.5) is 5.13 Å². The van der Waals surface area contributed by atoms with Crippen LogP contribution >= 0.6 is 11.3 Å². The van der Waals surface area contributed by atoms with Gasteiger partial charge in [-0.05, 0) is 30.9 Å². The molecule has 0 saturated carbocycles. The van der Waals surface area contributed by atoms with E-state index < -0.39 is 0 Å². The highest BCUT2D eigenvalue weighted by atomic mass is 32.1. The van der Waals surface area contributed by atoms with Crippen LogP contribution < -0.4 is 5.32 Å². The normalized spacial score (nSPS) is 10.6.